The van der Waals surface area contributed by atoms with Crippen molar-refractivity contribution >= 4 is 33.5 Å². The molecule has 1 aliphatic rings. The molecule has 1 unspecified atom stereocenters. The molecule has 3 aromatic carbocycles. The first-order chi connectivity index (χ1) is 15.8. The summed E-state index contributed by atoms with van der Waals surface area (Å²) in [4.78, 5) is 11.7. The second-order valence-electron chi connectivity index (χ2n) is 8.78. The minimum Gasteiger partial charge on any atom is -0.459 e. The van der Waals surface area contributed by atoms with Gasteiger partial charge in [0.05, 0.1) is 0 Å². The standard InChI is InChI=1S/C29H25NO2/c31-19-32-28(18-22-9-5-15-30-16-6-12-27(22)30)26-17-21-8-2-3-10-23(21)25-14-13-20-7-1-4-11-24(20)29(25)26/h2-3,5-6,8-10,12-17,19,28H,1,4,7,11,18H2. The third-order valence-corrected chi connectivity index (χ3v) is 7.01. The van der Waals surface area contributed by atoms with E-state index in [0.717, 1.165) is 23.9 Å². The Morgan fingerprint density at radius 2 is 1.75 bits per heavy atom. The number of carbonyl (C=O) groups excluding carboxylic acids is 1. The lowest BCUT2D eigenvalue weighted by molar-refractivity contribution is -0.133. The Morgan fingerprint density at radius 1 is 0.906 bits per heavy atom. The molecule has 1 atom stereocenters. The molecule has 0 aliphatic heterocycles. The summed E-state index contributed by atoms with van der Waals surface area (Å²) >= 11 is 0. The number of nitrogens with zero attached hydrogens (tertiary/aromatic N) is 1. The van der Waals surface area contributed by atoms with E-state index in [0.29, 0.717) is 12.9 Å². The average molecular weight is 420 g/mol. The average Bonchev–Trinajstić information content (AvgIpc) is 3.33. The van der Waals surface area contributed by atoms with Gasteiger partial charge in [0.2, 0.25) is 0 Å². The van der Waals surface area contributed by atoms with Gasteiger partial charge in [-0.05, 0) is 88.2 Å². The smallest absolute Gasteiger partial charge is 0.293 e. The van der Waals surface area contributed by atoms with Crippen LogP contribution in [0.3, 0.4) is 0 Å². The Hall–Kier alpha value is -3.59. The fourth-order valence-corrected chi connectivity index (χ4v) is 5.55. The van der Waals surface area contributed by atoms with E-state index in [9.17, 15) is 4.79 Å². The number of benzene rings is 3. The van der Waals surface area contributed by atoms with Gasteiger partial charge in [-0.15, -0.1) is 0 Å². The highest BCUT2D eigenvalue weighted by Crippen LogP contribution is 2.40. The van der Waals surface area contributed by atoms with Gasteiger partial charge in [0, 0.05) is 29.9 Å². The molecule has 0 amide bonds. The summed E-state index contributed by atoms with van der Waals surface area (Å²) in [6, 6.07) is 23.7. The first-order valence-corrected chi connectivity index (χ1v) is 11.4. The van der Waals surface area contributed by atoms with Crippen molar-refractivity contribution in [3.63, 3.8) is 0 Å². The summed E-state index contributed by atoms with van der Waals surface area (Å²) in [5.41, 5.74) is 6.33. The molecule has 158 valence electrons. The van der Waals surface area contributed by atoms with Crippen LogP contribution in [0, 0.1) is 0 Å². The fourth-order valence-electron chi connectivity index (χ4n) is 5.55. The predicted octanol–water partition coefficient (Wildman–Crippen LogP) is 6.58. The zero-order valence-electron chi connectivity index (χ0n) is 18.0. The van der Waals surface area contributed by atoms with Gasteiger partial charge >= 0.3 is 0 Å². The quantitative estimate of drug-likeness (QED) is 0.238. The molecule has 0 saturated heterocycles. The monoisotopic (exact) mass is 419 g/mol. The first-order valence-electron chi connectivity index (χ1n) is 11.4. The van der Waals surface area contributed by atoms with E-state index in [-0.39, 0.29) is 6.10 Å². The van der Waals surface area contributed by atoms with Gasteiger partial charge < -0.3 is 9.14 Å². The van der Waals surface area contributed by atoms with Gasteiger partial charge in [-0.2, -0.15) is 0 Å². The van der Waals surface area contributed by atoms with Crippen LogP contribution in [-0.2, 0) is 28.8 Å². The van der Waals surface area contributed by atoms with Crippen molar-refractivity contribution in [1.82, 2.24) is 4.40 Å². The van der Waals surface area contributed by atoms with Crippen molar-refractivity contribution in [2.24, 2.45) is 0 Å². The van der Waals surface area contributed by atoms with E-state index < -0.39 is 0 Å². The molecule has 3 nitrogen and oxygen atoms in total. The van der Waals surface area contributed by atoms with E-state index in [1.54, 1.807) is 0 Å². The van der Waals surface area contributed by atoms with Crippen molar-refractivity contribution < 1.29 is 9.53 Å². The number of aryl methyl sites for hydroxylation is 2. The summed E-state index contributed by atoms with van der Waals surface area (Å²) in [7, 11) is 0. The van der Waals surface area contributed by atoms with Gasteiger partial charge in [-0.25, -0.2) is 0 Å². The Labute approximate surface area is 187 Å². The Morgan fingerprint density at radius 3 is 2.66 bits per heavy atom. The van der Waals surface area contributed by atoms with Crippen molar-refractivity contribution in [2.75, 3.05) is 0 Å². The minimum atomic E-state index is -0.339. The molecule has 1 aliphatic carbocycles. The topological polar surface area (TPSA) is 30.7 Å². The second kappa shape index (κ2) is 7.83. The predicted molar refractivity (Wildman–Crippen MR) is 129 cm³/mol. The van der Waals surface area contributed by atoms with Gasteiger partial charge in [0.15, 0.2) is 0 Å². The van der Waals surface area contributed by atoms with Crippen LogP contribution >= 0.6 is 0 Å². The zero-order chi connectivity index (χ0) is 21.5. The number of aromatic nitrogens is 1. The number of carbonyl (C=O) groups is 1. The second-order valence-corrected chi connectivity index (χ2v) is 8.78. The van der Waals surface area contributed by atoms with E-state index in [1.165, 1.54) is 51.1 Å². The lowest BCUT2D eigenvalue weighted by Gasteiger charge is -2.25. The third kappa shape index (κ3) is 3.08. The molecule has 3 heteroatoms. The van der Waals surface area contributed by atoms with Crippen molar-refractivity contribution in [3.05, 3.63) is 101 Å². The highest BCUT2D eigenvalue weighted by atomic mass is 16.5. The van der Waals surface area contributed by atoms with Crippen LogP contribution in [0.15, 0.2) is 79.1 Å². The van der Waals surface area contributed by atoms with E-state index in [1.807, 2.05) is 0 Å². The van der Waals surface area contributed by atoms with Crippen molar-refractivity contribution in [2.45, 2.75) is 38.2 Å². The van der Waals surface area contributed by atoms with Crippen molar-refractivity contribution in [3.8, 4) is 0 Å². The Balaban J connectivity index is 1.61. The van der Waals surface area contributed by atoms with Crippen LogP contribution in [0.5, 0.6) is 0 Å². The molecule has 0 radical (unpaired) electrons. The molecular weight excluding hydrogens is 394 g/mol. The summed E-state index contributed by atoms with van der Waals surface area (Å²) in [6.45, 7) is 0.610. The molecule has 0 bridgehead atoms. The Bertz CT molecular complexity index is 1460. The first kappa shape index (κ1) is 19.1. The summed E-state index contributed by atoms with van der Waals surface area (Å²) in [6.07, 6.45) is 9.07. The Kier molecular flexibility index (Phi) is 4.68. The van der Waals surface area contributed by atoms with E-state index >= 15 is 0 Å². The van der Waals surface area contributed by atoms with Gasteiger partial charge in [-0.1, -0.05) is 42.5 Å². The number of ether oxygens (including phenoxy) is 1. The minimum absolute atomic E-state index is 0.339. The van der Waals surface area contributed by atoms with Crippen LogP contribution in [0.4, 0.5) is 0 Å². The number of pyridine rings is 1. The number of hydrogen-bond donors (Lipinski definition) is 0. The van der Waals surface area contributed by atoms with Crippen LogP contribution < -0.4 is 0 Å². The highest BCUT2D eigenvalue weighted by molar-refractivity contribution is 6.10. The largest absolute Gasteiger partial charge is 0.459 e. The van der Waals surface area contributed by atoms with Crippen LogP contribution in [0.1, 0.15) is 41.2 Å². The van der Waals surface area contributed by atoms with Gasteiger partial charge in [0.25, 0.3) is 6.47 Å². The summed E-state index contributed by atoms with van der Waals surface area (Å²) in [5.74, 6) is 0. The van der Waals surface area contributed by atoms with Crippen LogP contribution in [-0.4, -0.2) is 10.9 Å². The number of hydrogen-bond acceptors (Lipinski definition) is 2. The molecule has 0 spiro atoms. The normalized spacial score (nSPS) is 14.5. The summed E-state index contributed by atoms with van der Waals surface area (Å²) < 4.78 is 7.93. The maximum absolute atomic E-state index is 11.7. The van der Waals surface area contributed by atoms with Gasteiger partial charge in [-0.3, -0.25) is 4.79 Å². The molecule has 0 N–H and O–H groups in total. The van der Waals surface area contributed by atoms with E-state index in [2.05, 4.69) is 83.5 Å². The molecule has 2 aromatic heterocycles. The van der Waals surface area contributed by atoms with Gasteiger partial charge in [0.1, 0.15) is 6.10 Å². The lowest BCUT2D eigenvalue weighted by Crippen LogP contribution is -2.11. The molecule has 32 heavy (non-hydrogen) atoms. The molecule has 5 aromatic rings. The third-order valence-electron chi connectivity index (χ3n) is 7.01. The fraction of sp³-hybridized carbons (Fsp3) is 0.207. The highest BCUT2D eigenvalue weighted by Gasteiger charge is 2.23. The lowest BCUT2D eigenvalue weighted by atomic mass is 9.82. The molecule has 2 heterocycles. The zero-order valence-corrected chi connectivity index (χ0v) is 18.0. The molecule has 0 saturated carbocycles. The number of fused-ring (bicyclic) bond motifs is 6. The van der Waals surface area contributed by atoms with Crippen LogP contribution in [0.25, 0.3) is 27.1 Å². The molecular formula is C29H25NO2. The van der Waals surface area contributed by atoms with Crippen LogP contribution in [0.2, 0.25) is 0 Å². The molecule has 6 rings (SSSR count). The number of rotatable bonds is 5. The maximum atomic E-state index is 11.7. The maximum Gasteiger partial charge on any atom is 0.293 e. The van der Waals surface area contributed by atoms with Crippen molar-refractivity contribution in [1.29, 1.82) is 0 Å². The summed E-state index contributed by atoms with van der Waals surface area (Å²) in [5, 5.41) is 5.00. The SMILES string of the molecule is O=COC(Cc1cccn2cccc12)c1cc2ccccc2c2ccc3c(c12)CCCC3. The van der Waals surface area contributed by atoms with E-state index in [4.69, 9.17) is 4.74 Å². The molecule has 0 fully saturated rings.